The Kier molecular flexibility index (Phi) is 18.6. The average Bonchev–Trinajstić information content (AvgIpc) is 2.05. The van der Waals surface area contributed by atoms with Gasteiger partial charge < -0.3 is 0 Å². The summed E-state index contributed by atoms with van der Waals surface area (Å²) in [5.74, 6) is 0. The van der Waals surface area contributed by atoms with Gasteiger partial charge in [0.2, 0.25) is 0 Å². The summed E-state index contributed by atoms with van der Waals surface area (Å²) in [5.41, 5.74) is 0. The molecule has 0 N–H and O–H groups in total. The van der Waals surface area contributed by atoms with Gasteiger partial charge in [-0.25, -0.2) is 0 Å². The molecule has 1 rings (SSSR count). The summed E-state index contributed by atoms with van der Waals surface area (Å²) in [4.78, 5) is 0. The van der Waals surface area contributed by atoms with Crippen LogP contribution in [0.15, 0.2) is 24.3 Å². The van der Waals surface area contributed by atoms with Crippen LogP contribution in [0.5, 0.6) is 0 Å². The first kappa shape index (κ1) is 16.6. The zero-order chi connectivity index (χ0) is 9.78. The fraction of sp³-hybridized carbons (Fsp3) is 0.600. The molecule has 0 heterocycles. The van der Waals surface area contributed by atoms with Gasteiger partial charge in [-0.3, -0.25) is 0 Å². The molecule has 0 aromatic carbocycles. The molecule has 0 unspecified atom stereocenters. The molecule has 0 aromatic rings. The molecule has 1 aliphatic rings. The third-order valence-electron chi connectivity index (χ3n) is 2.08. The van der Waals surface area contributed by atoms with E-state index in [1.165, 1.54) is 46.2 Å². The van der Waals surface area contributed by atoms with E-state index in [1.807, 2.05) is 0 Å². The Labute approximate surface area is 102 Å². The Morgan fingerprint density at radius 1 is 1.14 bits per heavy atom. The van der Waals surface area contributed by atoms with Crippen molar-refractivity contribution in [3.63, 3.8) is 0 Å². The predicted octanol–water partition coefficient (Wildman–Crippen LogP) is 1.43. The molecule has 1 aliphatic carbocycles. The van der Waals surface area contributed by atoms with Crippen LogP contribution in [-0.4, -0.2) is 22.0 Å². The van der Waals surface area contributed by atoms with Crippen LogP contribution in [0.3, 0.4) is 0 Å². The molecule has 0 atom stereocenters. The predicted molar refractivity (Wildman–Crippen MR) is 70.1 cm³/mol. The molecule has 0 nitrogen and oxygen atoms in total. The van der Waals surface area contributed by atoms with Crippen molar-refractivity contribution in [1.82, 2.24) is 0 Å². The molecule has 1 radical (unpaired) electrons. The van der Waals surface area contributed by atoms with Crippen molar-refractivity contribution in [2.45, 2.75) is 38.9 Å². The zero-order valence-electron chi connectivity index (χ0n) is 9.59. The minimum Gasteiger partial charge on any atom is -0.0881 e. The van der Waals surface area contributed by atoms with E-state index >= 15 is 0 Å². The number of hydrogen-bond acceptors (Lipinski definition) is 0. The first-order valence-electron chi connectivity index (χ1n) is 5.73. The van der Waals surface area contributed by atoms with Gasteiger partial charge in [0.1, 0.15) is 0 Å². The maximum atomic E-state index is 2.23. The second kappa shape index (κ2) is 15.6. The minimum absolute atomic E-state index is 0. The maximum Gasteiger partial charge on any atom is 0.0776 e. The molecule has 0 aromatic heterocycles. The van der Waals surface area contributed by atoms with E-state index in [1.54, 1.807) is 0 Å². The Morgan fingerprint density at radius 3 is 1.93 bits per heavy atom. The van der Waals surface area contributed by atoms with Gasteiger partial charge in [-0.05, 0) is 25.7 Å². The van der Waals surface area contributed by atoms with Crippen molar-refractivity contribution in [3.8, 4) is 0 Å². The van der Waals surface area contributed by atoms with Crippen LogP contribution < -0.4 is 0 Å². The fourth-order valence-corrected chi connectivity index (χ4v) is 1.23. The SMILES string of the molecule is BBBCC.C1=CCCCCC=C1.[Co]. The summed E-state index contributed by atoms with van der Waals surface area (Å²) in [7, 11) is 4.94. The standard InChI is InChI=1S/C8H12.C2H9B3.Co/c1-2-4-6-8-7-5-3-1;1-2-4-5-3;/h1-4H,5-8H2;4-5H,2-3H2,1H3;. The molecule has 14 heavy (non-hydrogen) atoms. The third kappa shape index (κ3) is 14.7. The fourth-order valence-electron chi connectivity index (χ4n) is 1.23. The average molecular weight is 233 g/mol. The van der Waals surface area contributed by atoms with E-state index in [-0.39, 0.29) is 16.8 Å². The Bertz CT molecular complexity index is 130. The quantitative estimate of drug-likeness (QED) is 0.632. The summed E-state index contributed by atoms with van der Waals surface area (Å²) >= 11 is 0. The second-order valence-electron chi connectivity index (χ2n) is 3.49. The Morgan fingerprint density at radius 2 is 1.64 bits per heavy atom. The van der Waals surface area contributed by atoms with Crippen molar-refractivity contribution in [2.75, 3.05) is 0 Å². The van der Waals surface area contributed by atoms with E-state index in [0.29, 0.717) is 0 Å². The van der Waals surface area contributed by atoms with Gasteiger partial charge >= 0.3 is 0 Å². The molecule has 79 valence electrons. The number of rotatable bonds is 2. The van der Waals surface area contributed by atoms with Gasteiger partial charge in [-0.15, -0.1) is 0 Å². The molecule has 0 fully saturated rings. The summed E-state index contributed by atoms with van der Waals surface area (Å²) in [6, 6.07) is 0. The van der Waals surface area contributed by atoms with Crippen LogP contribution in [0.4, 0.5) is 0 Å². The maximum absolute atomic E-state index is 2.23. The van der Waals surface area contributed by atoms with E-state index < -0.39 is 0 Å². The van der Waals surface area contributed by atoms with E-state index in [9.17, 15) is 0 Å². The summed E-state index contributed by atoms with van der Waals surface area (Å²) in [6.45, 7) is 2.21. The largest absolute Gasteiger partial charge is 0.0881 e. The van der Waals surface area contributed by atoms with Crippen molar-refractivity contribution in [1.29, 1.82) is 0 Å². The molecule has 0 spiro atoms. The molecule has 0 bridgehead atoms. The topological polar surface area (TPSA) is 0 Å². The Balaban J connectivity index is 0. The summed E-state index contributed by atoms with van der Waals surface area (Å²) in [5, 5.41) is 0. The van der Waals surface area contributed by atoms with E-state index in [4.69, 9.17) is 0 Å². The first-order chi connectivity index (χ1) is 6.41. The van der Waals surface area contributed by atoms with Gasteiger partial charge in [0.25, 0.3) is 0 Å². The van der Waals surface area contributed by atoms with Gasteiger partial charge in [-0.1, -0.05) is 37.5 Å². The zero-order valence-corrected chi connectivity index (χ0v) is 10.6. The minimum atomic E-state index is 0. The molecule has 4 heteroatoms. The Hall–Kier alpha value is 0.181. The molecule has 0 amide bonds. The smallest absolute Gasteiger partial charge is 0.0776 e. The van der Waals surface area contributed by atoms with Crippen molar-refractivity contribution in [3.05, 3.63) is 24.3 Å². The molecule has 0 saturated carbocycles. The van der Waals surface area contributed by atoms with E-state index in [2.05, 4.69) is 39.0 Å². The van der Waals surface area contributed by atoms with Gasteiger partial charge in [-0.2, -0.15) is 0 Å². The van der Waals surface area contributed by atoms with Crippen LogP contribution in [-0.2, 0) is 16.8 Å². The van der Waals surface area contributed by atoms with Crippen molar-refractivity contribution < 1.29 is 16.8 Å². The molecule has 0 aliphatic heterocycles. The monoisotopic (exact) mass is 233 g/mol. The second-order valence-corrected chi connectivity index (χ2v) is 3.49. The van der Waals surface area contributed by atoms with Gasteiger partial charge in [0.15, 0.2) is 0 Å². The van der Waals surface area contributed by atoms with Crippen LogP contribution in [0.25, 0.3) is 0 Å². The normalized spacial score (nSPS) is 13.8. The summed E-state index contributed by atoms with van der Waals surface area (Å²) in [6.07, 6.45) is 15.3. The first-order valence-corrected chi connectivity index (χ1v) is 5.73. The number of hydrogen-bond donors (Lipinski definition) is 0. The summed E-state index contributed by atoms with van der Waals surface area (Å²) < 4.78 is 0. The van der Waals surface area contributed by atoms with Crippen molar-refractivity contribution >= 4 is 22.0 Å². The van der Waals surface area contributed by atoms with Crippen LogP contribution >= 0.6 is 0 Å². The van der Waals surface area contributed by atoms with Gasteiger partial charge in [0, 0.05) is 16.8 Å². The van der Waals surface area contributed by atoms with Crippen LogP contribution in [0, 0.1) is 0 Å². The van der Waals surface area contributed by atoms with Gasteiger partial charge in [0.05, 0.1) is 22.0 Å². The van der Waals surface area contributed by atoms with Crippen LogP contribution in [0.2, 0.25) is 6.32 Å². The van der Waals surface area contributed by atoms with Crippen LogP contribution in [0.1, 0.15) is 32.6 Å². The molecular formula is C10H21B3Co. The number of allylic oxidation sites excluding steroid dienone is 4. The third-order valence-corrected chi connectivity index (χ3v) is 2.08. The van der Waals surface area contributed by atoms with Crippen molar-refractivity contribution in [2.24, 2.45) is 0 Å². The molecular weight excluding hydrogens is 211 g/mol. The van der Waals surface area contributed by atoms with E-state index in [0.717, 1.165) is 0 Å². The molecule has 0 saturated heterocycles.